The van der Waals surface area contributed by atoms with Crippen LogP contribution < -0.4 is 5.32 Å². The molecule has 1 aromatic rings. The first-order valence-electron chi connectivity index (χ1n) is 6.36. The molecule has 1 rings (SSSR count). The van der Waals surface area contributed by atoms with Crippen molar-refractivity contribution in [3.63, 3.8) is 0 Å². The van der Waals surface area contributed by atoms with Crippen LogP contribution in [0.1, 0.15) is 35.0 Å². The van der Waals surface area contributed by atoms with E-state index in [0.717, 1.165) is 23.8 Å². The molecule has 0 spiro atoms. The Labute approximate surface area is 122 Å². The van der Waals surface area contributed by atoms with Gasteiger partial charge in [0.2, 0.25) is 0 Å². The lowest BCUT2D eigenvalue weighted by molar-refractivity contribution is -0.131. The van der Waals surface area contributed by atoms with Crippen LogP contribution >= 0.6 is 11.3 Å². The van der Waals surface area contributed by atoms with Gasteiger partial charge in [-0.05, 0) is 18.6 Å². The summed E-state index contributed by atoms with van der Waals surface area (Å²) in [4.78, 5) is 23.2. The molecule has 20 heavy (non-hydrogen) atoms. The van der Waals surface area contributed by atoms with E-state index in [4.69, 9.17) is 9.84 Å². The van der Waals surface area contributed by atoms with Crippen LogP contribution in [0.3, 0.4) is 0 Å². The molecule has 1 aromatic heterocycles. The number of methoxy groups -OCH3 is 1. The Bertz CT molecular complexity index is 475. The van der Waals surface area contributed by atoms with Gasteiger partial charge in [0.15, 0.2) is 0 Å². The number of carboxylic acid groups (broad SMARTS) is 1. The smallest absolute Gasteiger partial charge is 0.328 e. The molecule has 0 aromatic carbocycles. The molecule has 1 atom stereocenters. The number of nitrogens with one attached hydrogen (secondary N) is 1. The van der Waals surface area contributed by atoms with Crippen LogP contribution in [-0.4, -0.2) is 36.7 Å². The van der Waals surface area contributed by atoms with Crippen molar-refractivity contribution in [1.82, 2.24) is 5.32 Å². The Balaban J connectivity index is 2.65. The van der Waals surface area contributed by atoms with Gasteiger partial charge in [0.05, 0.1) is 18.2 Å². The molecule has 0 aliphatic carbocycles. The zero-order valence-corrected chi connectivity index (χ0v) is 12.4. The van der Waals surface area contributed by atoms with Gasteiger partial charge >= 0.3 is 5.97 Å². The average molecular weight is 297 g/mol. The fourth-order valence-corrected chi connectivity index (χ4v) is 2.51. The highest BCUT2D eigenvalue weighted by Crippen LogP contribution is 2.16. The highest BCUT2D eigenvalue weighted by atomic mass is 32.1. The van der Waals surface area contributed by atoms with Crippen LogP contribution in [-0.2, 0) is 9.53 Å². The number of carboxylic acids is 1. The molecular formula is C14H19NO4S. The van der Waals surface area contributed by atoms with Crippen LogP contribution in [0.25, 0.3) is 6.08 Å². The van der Waals surface area contributed by atoms with E-state index in [1.54, 1.807) is 18.6 Å². The number of carbonyl (C=O) groups excluding carboxylic acids is 1. The Morgan fingerprint density at radius 1 is 1.55 bits per heavy atom. The summed E-state index contributed by atoms with van der Waals surface area (Å²) < 4.78 is 5.07. The topological polar surface area (TPSA) is 75.6 Å². The molecule has 0 radical (unpaired) electrons. The molecule has 5 nitrogen and oxygen atoms in total. The minimum Gasteiger partial charge on any atom is -0.478 e. The van der Waals surface area contributed by atoms with E-state index < -0.39 is 5.97 Å². The van der Waals surface area contributed by atoms with E-state index in [0.29, 0.717) is 12.2 Å². The van der Waals surface area contributed by atoms with E-state index in [-0.39, 0.29) is 11.9 Å². The lowest BCUT2D eigenvalue weighted by Crippen LogP contribution is -2.37. The predicted octanol–water partition coefficient (Wildman–Crippen LogP) is 2.39. The van der Waals surface area contributed by atoms with Crippen LogP contribution in [0.4, 0.5) is 0 Å². The largest absolute Gasteiger partial charge is 0.478 e. The quantitative estimate of drug-likeness (QED) is 0.722. The van der Waals surface area contributed by atoms with Gasteiger partial charge in [0, 0.05) is 23.4 Å². The van der Waals surface area contributed by atoms with Crippen molar-refractivity contribution >= 4 is 29.3 Å². The standard InChI is InChI=1S/C14H19NO4S/c1-3-4-11(8-19-2)15-14(18)10-7-12(20-9-10)5-6-13(16)17/h5-7,9,11H,3-4,8H2,1-2H3,(H,15,18)(H,16,17). The number of rotatable bonds is 8. The SMILES string of the molecule is CCCC(COC)NC(=O)c1csc(C=CC(=O)O)c1. The molecule has 0 saturated carbocycles. The summed E-state index contributed by atoms with van der Waals surface area (Å²) in [6.07, 6.45) is 4.35. The van der Waals surface area contributed by atoms with Crippen molar-refractivity contribution in [1.29, 1.82) is 0 Å². The van der Waals surface area contributed by atoms with Gasteiger partial charge in [0.1, 0.15) is 0 Å². The third kappa shape index (κ3) is 5.54. The first kappa shape index (κ1) is 16.4. The monoisotopic (exact) mass is 297 g/mol. The minimum atomic E-state index is -1.01. The summed E-state index contributed by atoms with van der Waals surface area (Å²) in [5, 5.41) is 13.2. The average Bonchev–Trinajstić information content (AvgIpc) is 2.85. The molecule has 0 fully saturated rings. The van der Waals surface area contributed by atoms with Crippen molar-refractivity contribution in [2.75, 3.05) is 13.7 Å². The fourth-order valence-electron chi connectivity index (χ4n) is 1.73. The summed E-state index contributed by atoms with van der Waals surface area (Å²) in [7, 11) is 1.61. The second-order valence-corrected chi connectivity index (χ2v) is 5.27. The summed E-state index contributed by atoms with van der Waals surface area (Å²) in [5.74, 6) is -1.17. The van der Waals surface area contributed by atoms with E-state index in [9.17, 15) is 9.59 Å². The van der Waals surface area contributed by atoms with E-state index in [1.807, 2.05) is 6.92 Å². The molecule has 0 aliphatic heterocycles. The van der Waals surface area contributed by atoms with E-state index in [1.165, 1.54) is 17.4 Å². The van der Waals surface area contributed by atoms with Crippen LogP contribution in [0, 0.1) is 0 Å². The molecule has 1 heterocycles. The first-order valence-corrected chi connectivity index (χ1v) is 7.24. The predicted molar refractivity (Wildman–Crippen MR) is 79.0 cm³/mol. The number of ether oxygens (including phenoxy) is 1. The van der Waals surface area contributed by atoms with Gasteiger partial charge in [-0.15, -0.1) is 11.3 Å². The maximum atomic E-state index is 12.1. The zero-order chi connectivity index (χ0) is 15.0. The minimum absolute atomic E-state index is 0.00425. The highest BCUT2D eigenvalue weighted by Gasteiger charge is 2.14. The van der Waals surface area contributed by atoms with Gasteiger partial charge in [-0.25, -0.2) is 4.79 Å². The number of amides is 1. The summed E-state index contributed by atoms with van der Waals surface area (Å²) in [6, 6.07) is 1.67. The maximum Gasteiger partial charge on any atom is 0.328 e. The molecule has 0 saturated heterocycles. The van der Waals surface area contributed by atoms with Crippen LogP contribution in [0.5, 0.6) is 0 Å². The second kappa shape index (κ2) is 8.50. The van der Waals surface area contributed by atoms with Gasteiger partial charge in [0.25, 0.3) is 5.91 Å². The number of hydrogen-bond donors (Lipinski definition) is 2. The third-order valence-corrected chi connectivity index (χ3v) is 3.51. The Morgan fingerprint density at radius 3 is 2.90 bits per heavy atom. The summed E-state index contributed by atoms with van der Waals surface area (Å²) in [6.45, 7) is 2.53. The number of thiophene rings is 1. The molecule has 1 unspecified atom stereocenters. The Hall–Kier alpha value is -1.66. The lowest BCUT2D eigenvalue weighted by atomic mass is 10.1. The number of carbonyl (C=O) groups is 2. The number of aliphatic carboxylic acids is 1. The normalized spacial score (nSPS) is 12.5. The first-order chi connectivity index (χ1) is 9.56. The van der Waals surface area contributed by atoms with E-state index >= 15 is 0 Å². The fraction of sp³-hybridized carbons (Fsp3) is 0.429. The number of hydrogen-bond acceptors (Lipinski definition) is 4. The molecule has 0 aliphatic rings. The Morgan fingerprint density at radius 2 is 2.30 bits per heavy atom. The van der Waals surface area contributed by atoms with Crippen LogP contribution in [0.2, 0.25) is 0 Å². The highest BCUT2D eigenvalue weighted by molar-refractivity contribution is 7.11. The zero-order valence-electron chi connectivity index (χ0n) is 11.6. The second-order valence-electron chi connectivity index (χ2n) is 4.32. The Kier molecular flexibility index (Phi) is 6.97. The van der Waals surface area contributed by atoms with Crippen molar-refractivity contribution in [3.8, 4) is 0 Å². The summed E-state index contributed by atoms with van der Waals surface area (Å²) in [5.41, 5.74) is 0.539. The molecule has 6 heteroatoms. The van der Waals surface area contributed by atoms with Crippen molar-refractivity contribution in [3.05, 3.63) is 28.0 Å². The lowest BCUT2D eigenvalue weighted by Gasteiger charge is -2.16. The van der Waals surface area contributed by atoms with Gasteiger partial charge in [-0.1, -0.05) is 13.3 Å². The summed E-state index contributed by atoms with van der Waals surface area (Å²) >= 11 is 1.33. The molecule has 110 valence electrons. The van der Waals surface area contributed by atoms with Gasteiger partial charge in [-0.3, -0.25) is 4.79 Å². The van der Waals surface area contributed by atoms with Crippen molar-refractivity contribution < 1.29 is 19.4 Å². The van der Waals surface area contributed by atoms with Gasteiger partial charge in [-0.2, -0.15) is 0 Å². The molecule has 2 N–H and O–H groups in total. The molecule has 0 bridgehead atoms. The molecular weight excluding hydrogens is 278 g/mol. The van der Waals surface area contributed by atoms with Gasteiger partial charge < -0.3 is 15.2 Å². The van der Waals surface area contributed by atoms with E-state index in [2.05, 4.69) is 5.32 Å². The van der Waals surface area contributed by atoms with Crippen molar-refractivity contribution in [2.45, 2.75) is 25.8 Å². The third-order valence-electron chi connectivity index (χ3n) is 2.61. The van der Waals surface area contributed by atoms with Crippen molar-refractivity contribution in [2.24, 2.45) is 0 Å². The maximum absolute atomic E-state index is 12.1. The van der Waals surface area contributed by atoms with Crippen LogP contribution in [0.15, 0.2) is 17.5 Å². The molecule has 1 amide bonds.